The summed E-state index contributed by atoms with van der Waals surface area (Å²) in [6.45, 7) is 2.44. The van der Waals surface area contributed by atoms with Gasteiger partial charge in [-0.1, -0.05) is 47.5 Å². The largest absolute Gasteiger partial charge is 0.348 e. The molecule has 98 valence electrons. The van der Waals surface area contributed by atoms with Crippen LogP contribution >= 0.6 is 23.2 Å². The summed E-state index contributed by atoms with van der Waals surface area (Å²) >= 11 is 11.7. The van der Waals surface area contributed by atoms with Gasteiger partial charge in [0.05, 0.1) is 10.6 Å². The Labute approximate surface area is 121 Å². The highest BCUT2D eigenvalue weighted by Crippen LogP contribution is 2.18. The minimum absolute atomic E-state index is 0.241. The molecule has 5 heteroatoms. The summed E-state index contributed by atoms with van der Waals surface area (Å²) in [6.07, 6.45) is 1.37. The molecule has 0 fully saturated rings. The number of nitrogens with zero attached hydrogens (tertiary/aromatic N) is 1. The van der Waals surface area contributed by atoms with E-state index in [0.29, 0.717) is 12.1 Å². The number of amides is 1. The molecule has 1 aromatic heterocycles. The van der Waals surface area contributed by atoms with Gasteiger partial charge >= 0.3 is 0 Å². The maximum atomic E-state index is 12.0. The molecule has 0 bridgehead atoms. The predicted octanol–water partition coefficient (Wildman–Crippen LogP) is 3.63. The number of carbonyl (C=O) groups excluding carboxylic acids is 1. The van der Waals surface area contributed by atoms with Crippen molar-refractivity contribution in [3.05, 3.63) is 63.4 Å². The summed E-state index contributed by atoms with van der Waals surface area (Å²) in [5, 5.41) is 3.34. The molecule has 0 saturated heterocycles. The fraction of sp³-hybridized carbons (Fsp3) is 0.143. The van der Waals surface area contributed by atoms with E-state index in [-0.39, 0.29) is 16.1 Å². The fourth-order valence-corrected chi connectivity index (χ4v) is 2.01. The third-order valence-corrected chi connectivity index (χ3v) is 3.28. The van der Waals surface area contributed by atoms with E-state index in [1.807, 2.05) is 31.2 Å². The van der Waals surface area contributed by atoms with Gasteiger partial charge in [0.1, 0.15) is 5.15 Å². The average molecular weight is 295 g/mol. The fourth-order valence-electron chi connectivity index (χ4n) is 1.67. The van der Waals surface area contributed by atoms with Crippen molar-refractivity contribution in [3.63, 3.8) is 0 Å². The van der Waals surface area contributed by atoms with Gasteiger partial charge in [0.25, 0.3) is 5.91 Å². The first-order chi connectivity index (χ1) is 9.08. The van der Waals surface area contributed by atoms with Crippen LogP contribution in [-0.4, -0.2) is 10.9 Å². The Bertz CT molecular complexity index is 614. The summed E-state index contributed by atoms with van der Waals surface area (Å²) in [6, 6.07) is 9.32. The zero-order valence-electron chi connectivity index (χ0n) is 10.3. The number of rotatable bonds is 3. The number of carbonyl (C=O) groups is 1. The highest BCUT2D eigenvalue weighted by Gasteiger charge is 2.11. The molecule has 0 spiro atoms. The van der Waals surface area contributed by atoms with Crippen LogP contribution in [0.3, 0.4) is 0 Å². The maximum Gasteiger partial charge on any atom is 0.253 e. The van der Waals surface area contributed by atoms with Crippen LogP contribution in [0.1, 0.15) is 21.5 Å². The number of benzene rings is 1. The van der Waals surface area contributed by atoms with Crippen molar-refractivity contribution in [2.24, 2.45) is 0 Å². The van der Waals surface area contributed by atoms with Gasteiger partial charge in [-0.05, 0) is 24.1 Å². The molecular formula is C14H12Cl2N2O. The lowest BCUT2D eigenvalue weighted by Gasteiger charge is -2.08. The second-order valence-corrected chi connectivity index (χ2v) is 4.89. The molecule has 19 heavy (non-hydrogen) atoms. The quantitative estimate of drug-likeness (QED) is 0.879. The summed E-state index contributed by atoms with van der Waals surface area (Å²) in [5.41, 5.74) is 2.52. The topological polar surface area (TPSA) is 42.0 Å². The number of halogens is 2. The highest BCUT2D eigenvalue weighted by molar-refractivity contribution is 6.35. The summed E-state index contributed by atoms with van der Waals surface area (Å²) in [4.78, 5) is 15.8. The molecule has 2 aromatic rings. The first-order valence-corrected chi connectivity index (χ1v) is 6.47. The summed E-state index contributed by atoms with van der Waals surface area (Å²) < 4.78 is 0. The Kier molecular flexibility index (Phi) is 4.40. The molecule has 2 rings (SSSR count). The highest BCUT2D eigenvalue weighted by atomic mass is 35.5. The zero-order chi connectivity index (χ0) is 13.8. The molecule has 0 aliphatic carbocycles. The van der Waals surface area contributed by atoms with Crippen LogP contribution in [0.15, 0.2) is 36.5 Å². The van der Waals surface area contributed by atoms with Crippen molar-refractivity contribution in [1.82, 2.24) is 10.3 Å². The number of hydrogen-bond donors (Lipinski definition) is 1. The van der Waals surface area contributed by atoms with Crippen LogP contribution in [0.2, 0.25) is 10.2 Å². The number of nitrogens with one attached hydrogen (secondary N) is 1. The number of pyridine rings is 1. The smallest absolute Gasteiger partial charge is 0.253 e. The maximum absolute atomic E-state index is 12.0. The van der Waals surface area contributed by atoms with Crippen molar-refractivity contribution < 1.29 is 4.79 Å². The molecule has 1 N–H and O–H groups in total. The summed E-state index contributed by atoms with van der Waals surface area (Å²) in [7, 11) is 0. The lowest BCUT2D eigenvalue weighted by molar-refractivity contribution is 0.0951. The Hall–Kier alpha value is -1.58. The molecule has 1 heterocycles. The van der Waals surface area contributed by atoms with E-state index in [2.05, 4.69) is 10.3 Å². The van der Waals surface area contributed by atoms with Gasteiger partial charge < -0.3 is 5.32 Å². The van der Waals surface area contributed by atoms with E-state index < -0.39 is 0 Å². The van der Waals surface area contributed by atoms with Crippen LogP contribution in [0.4, 0.5) is 0 Å². The van der Waals surface area contributed by atoms with Gasteiger partial charge in [0, 0.05) is 12.7 Å². The Morgan fingerprint density at radius 3 is 2.79 bits per heavy atom. The van der Waals surface area contributed by atoms with E-state index in [4.69, 9.17) is 23.2 Å². The van der Waals surface area contributed by atoms with Crippen molar-refractivity contribution in [3.8, 4) is 0 Å². The minimum Gasteiger partial charge on any atom is -0.348 e. The van der Waals surface area contributed by atoms with Crippen LogP contribution in [0.25, 0.3) is 0 Å². The summed E-state index contributed by atoms with van der Waals surface area (Å²) in [5.74, 6) is -0.266. The SMILES string of the molecule is Cc1ccccc1CNC(=O)c1cc(Cl)ncc1Cl. The van der Waals surface area contributed by atoms with Crippen LogP contribution in [0, 0.1) is 6.92 Å². The normalized spacial score (nSPS) is 10.3. The van der Waals surface area contributed by atoms with E-state index >= 15 is 0 Å². The molecule has 0 atom stereocenters. The van der Waals surface area contributed by atoms with Gasteiger partial charge in [-0.25, -0.2) is 4.98 Å². The standard InChI is InChI=1S/C14H12Cl2N2O/c1-9-4-2-3-5-10(9)7-18-14(19)11-6-13(16)17-8-12(11)15/h2-6,8H,7H2,1H3,(H,18,19). The second kappa shape index (κ2) is 6.04. The Morgan fingerprint density at radius 1 is 1.32 bits per heavy atom. The lowest BCUT2D eigenvalue weighted by atomic mass is 10.1. The van der Waals surface area contributed by atoms with Crippen molar-refractivity contribution >= 4 is 29.1 Å². The van der Waals surface area contributed by atoms with Gasteiger partial charge in [0.2, 0.25) is 0 Å². The van der Waals surface area contributed by atoms with Gasteiger partial charge in [-0.15, -0.1) is 0 Å². The van der Waals surface area contributed by atoms with Gasteiger partial charge in [0.15, 0.2) is 0 Å². The van der Waals surface area contributed by atoms with Crippen molar-refractivity contribution in [1.29, 1.82) is 0 Å². The predicted molar refractivity (Wildman–Crippen MR) is 76.6 cm³/mol. The lowest BCUT2D eigenvalue weighted by Crippen LogP contribution is -2.23. The number of hydrogen-bond acceptors (Lipinski definition) is 2. The van der Waals surface area contributed by atoms with Crippen LogP contribution in [-0.2, 0) is 6.54 Å². The Balaban J connectivity index is 2.10. The molecular weight excluding hydrogens is 283 g/mol. The average Bonchev–Trinajstić information content (AvgIpc) is 2.40. The van der Waals surface area contributed by atoms with Crippen molar-refractivity contribution in [2.45, 2.75) is 13.5 Å². The second-order valence-electron chi connectivity index (χ2n) is 4.10. The Morgan fingerprint density at radius 2 is 2.05 bits per heavy atom. The molecule has 0 radical (unpaired) electrons. The van der Waals surface area contributed by atoms with E-state index in [1.54, 1.807) is 0 Å². The first-order valence-electron chi connectivity index (χ1n) is 5.71. The third kappa shape index (κ3) is 3.46. The van der Waals surface area contributed by atoms with Crippen LogP contribution in [0.5, 0.6) is 0 Å². The van der Waals surface area contributed by atoms with E-state index in [1.165, 1.54) is 12.3 Å². The molecule has 0 unspecified atom stereocenters. The third-order valence-electron chi connectivity index (χ3n) is 2.77. The molecule has 3 nitrogen and oxygen atoms in total. The monoisotopic (exact) mass is 294 g/mol. The molecule has 1 amide bonds. The van der Waals surface area contributed by atoms with Crippen molar-refractivity contribution in [2.75, 3.05) is 0 Å². The molecule has 1 aromatic carbocycles. The van der Waals surface area contributed by atoms with E-state index in [9.17, 15) is 4.79 Å². The van der Waals surface area contributed by atoms with Crippen LogP contribution < -0.4 is 5.32 Å². The first kappa shape index (κ1) is 13.8. The van der Waals surface area contributed by atoms with Gasteiger partial charge in [-0.2, -0.15) is 0 Å². The van der Waals surface area contributed by atoms with Gasteiger partial charge in [-0.3, -0.25) is 4.79 Å². The molecule has 0 aliphatic rings. The minimum atomic E-state index is -0.266. The van der Waals surface area contributed by atoms with E-state index in [0.717, 1.165) is 11.1 Å². The molecule has 0 aliphatic heterocycles. The molecule has 0 saturated carbocycles. The number of aromatic nitrogens is 1. The number of aryl methyl sites for hydroxylation is 1. The zero-order valence-corrected chi connectivity index (χ0v) is 11.8.